The molecule has 0 aliphatic heterocycles. The molecule has 0 saturated carbocycles. The molecule has 0 spiro atoms. The van der Waals surface area contributed by atoms with E-state index in [1.165, 1.54) is 11.3 Å². The van der Waals surface area contributed by atoms with Crippen molar-refractivity contribution in [1.29, 1.82) is 0 Å². The van der Waals surface area contributed by atoms with Gasteiger partial charge in [-0.1, -0.05) is 30.3 Å². The Kier molecular flexibility index (Phi) is 4.45. The van der Waals surface area contributed by atoms with Crippen molar-refractivity contribution in [3.63, 3.8) is 0 Å². The predicted octanol–water partition coefficient (Wildman–Crippen LogP) is 4.11. The zero-order chi connectivity index (χ0) is 13.7. The van der Waals surface area contributed by atoms with Gasteiger partial charge < -0.3 is 9.64 Å². The van der Waals surface area contributed by atoms with Crippen molar-refractivity contribution in [3.8, 4) is 5.75 Å². The summed E-state index contributed by atoms with van der Waals surface area (Å²) in [5, 5.41) is 0. The highest BCUT2D eigenvalue weighted by atomic mass is 16.5. The number of rotatable bonds is 5. The van der Waals surface area contributed by atoms with Crippen LogP contribution in [0.4, 0.5) is 5.69 Å². The van der Waals surface area contributed by atoms with Gasteiger partial charge >= 0.3 is 0 Å². The Labute approximate surface area is 115 Å². The van der Waals surface area contributed by atoms with Gasteiger partial charge in [0.2, 0.25) is 0 Å². The first-order valence-corrected chi connectivity index (χ1v) is 6.65. The van der Waals surface area contributed by atoms with Crippen LogP contribution >= 0.6 is 0 Å². The second-order valence-electron chi connectivity index (χ2n) is 4.91. The second-order valence-corrected chi connectivity index (χ2v) is 4.91. The minimum absolute atomic E-state index is 0.452. The summed E-state index contributed by atoms with van der Waals surface area (Å²) >= 11 is 0. The number of benzene rings is 2. The maximum Gasteiger partial charge on any atom is 0.119 e. The number of hydrogen-bond donors (Lipinski definition) is 0. The molecule has 2 aromatic carbocycles. The molecule has 0 amide bonds. The topological polar surface area (TPSA) is 12.5 Å². The molecule has 0 N–H and O–H groups in total. The van der Waals surface area contributed by atoms with E-state index in [2.05, 4.69) is 61.2 Å². The van der Waals surface area contributed by atoms with Crippen molar-refractivity contribution in [2.75, 3.05) is 12.0 Å². The van der Waals surface area contributed by atoms with Crippen molar-refractivity contribution in [1.82, 2.24) is 0 Å². The molecule has 2 heteroatoms. The monoisotopic (exact) mass is 255 g/mol. The van der Waals surface area contributed by atoms with Gasteiger partial charge in [0.1, 0.15) is 5.75 Å². The van der Waals surface area contributed by atoms with Crippen LogP contribution in [0.15, 0.2) is 54.6 Å². The minimum atomic E-state index is 0.452. The standard InChI is InChI=1S/C17H21NO/c1-14(2)18(13-15-7-5-4-6-8-15)16-9-11-17(19-3)12-10-16/h4-12,14H,13H2,1-3H3. The zero-order valence-corrected chi connectivity index (χ0v) is 11.8. The molecule has 0 aliphatic rings. The molecule has 2 aromatic rings. The van der Waals surface area contributed by atoms with Crippen LogP contribution in [0.3, 0.4) is 0 Å². The number of ether oxygens (including phenoxy) is 1. The van der Waals surface area contributed by atoms with Crippen LogP contribution in [0.1, 0.15) is 19.4 Å². The lowest BCUT2D eigenvalue weighted by molar-refractivity contribution is 0.415. The smallest absolute Gasteiger partial charge is 0.119 e. The zero-order valence-electron chi connectivity index (χ0n) is 11.8. The lowest BCUT2D eigenvalue weighted by atomic mass is 10.1. The van der Waals surface area contributed by atoms with Gasteiger partial charge in [-0.25, -0.2) is 0 Å². The first kappa shape index (κ1) is 13.5. The van der Waals surface area contributed by atoms with Crippen LogP contribution in [0, 0.1) is 0 Å². The number of nitrogens with zero attached hydrogens (tertiary/aromatic N) is 1. The summed E-state index contributed by atoms with van der Waals surface area (Å²) in [4.78, 5) is 2.38. The lowest BCUT2D eigenvalue weighted by Crippen LogP contribution is -2.29. The maximum absolute atomic E-state index is 5.21. The van der Waals surface area contributed by atoms with Crippen molar-refractivity contribution >= 4 is 5.69 Å². The normalized spacial score (nSPS) is 10.5. The number of hydrogen-bond acceptors (Lipinski definition) is 2. The van der Waals surface area contributed by atoms with Crippen LogP contribution in [-0.4, -0.2) is 13.2 Å². The molecule has 0 fully saturated rings. The molecular formula is C17H21NO. The number of anilines is 1. The molecule has 0 unspecified atom stereocenters. The van der Waals surface area contributed by atoms with E-state index in [1.54, 1.807) is 7.11 Å². The van der Waals surface area contributed by atoms with E-state index in [-0.39, 0.29) is 0 Å². The Bertz CT molecular complexity index is 490. The van der Waals surface area contributed by atoms with E-state index in [0.717, 1.165) is 12.3 Å². The van der Waals surface area contributed by atoms with Crippen LogP contribution in [-0.2, 0) is 6.54 Å². The summed E-state index contributed by atoms with van der Waals surface area (Å²) in [7, 11) is 1.69. The molecule has 0 heterocycles. The van der Waals surface area contributed by atoms with Crippen LogP contribution < -0.4 is 9.64 Å². The van der Waals surface area contributed by atoms with Crippen molar-refractivity contribution in [2.24, 2.45) is 0 Å². The molecule has 2 nitrogen and oxygen atoms in total. The van der Waals surface area contributed by atoms with Gasteiger partial charge in [0, 0.05) is 18.3 Å². The first-order valence-electron chi connectivity index (χ1n) is 6.65. The van der Waals surface area contributed by atoms with Gasteiger partial charge in [-0.3, -0.25) is 0 Å². The predicted molar refractivity (Wildman–Crippen MR) is 80.8 cm³/mol. The van der Waals surface area contributed by atoms with Gasteiger partial charge in [-0.15, -0.1) is 0 Å². The molecule has 0 aliphatic carbocycles. The second kappa shape index (κ2) is 6.28. The first-order chi connectivity index (χ1) is 9.20. The van der Waals surface area contributed by atoms with E-state index >= 15 is 0 Å². The molecule has 100 valence electrons. The lowest BCUT2D eigenvalue weighted by Gasteiger charge is -2.29. The fourth-order valence-corrected chi connectivity index (χ4v) is 2.13. The Balaban J connectivity index is 2.19. The van der Waals surface area contributed by atoms with Crippen LogP contribution in [0.25, 0.3) is 0 Å². The van der Waals surface area contributed by atoms with Gasteiger partial charge in [0.05, 0.1) is 7.11 Å². The average molecular weight is 255 g/mol. The summed E-state index contributed by atoms with van der Waals surface area (Å²) in [6.07, 6.45) is 0. The summed E-state index contributed by atoms with van der Waals surface area (Å²) in [5.41, 5.74) is 2.55. The molecule has 0 aromatic heterocycles. The van der Waals surface area contributed by atoms with E-state index in [1.807, 2.05) is 12.1 Å². The Morgan fingerprint density at radius 1 is 0.947 bits per heavy atom. The third kappa shape index (κ3) is 3.50. The largest absolute Gasteiger partial charge is 0.497 e. The highest BCUT2D eigenvalue weighted by Crippen LogP contribution is 2.23. The van der Waals surface area contributed by atoms with E-state index in [0.29, 0.717) is 6.04 Å². The number of methoxy groups -OCH3 is 1. The summed E-state index contributed by atoms with van der Waals surface area (Å²) in [5.74, 6) is 0.896. The van der Waals surface area contributed by atoms with E-state index < -0.39 is 0 Å². The fraction of sp³-hybridized carbons (Fsp3) is 0.294. The Morgan fingerprint density at radius 3 is 2.11 bits per heavy atom. The van der Waals surface area contributed by atoms with Gasteiger partial charge in [0.25, 0.3) is 0 Å². The summed E-state index contributed by atoms with van der Waals surface area (Å²) < 4.78 is 5.21. The van der Waals surface area contributed by atoms with Crippen molar-refractivity contribution in [3.05, 3.63) is 60.2 Å². The molecule has 0 saturated heterocycles. The van der Waals surface area contributed by atoms with Crippen LogP contribution in [0.2, 0.25) is 0 Å². The molecule has 19 heavy (non-hydrogen) atoms. The highest BCUT2D eigenvalue weighted by molar-refractivity contribution is 5.50. The van der Waals surface area contributed by atoms with E-state index in [9.17, 15) is 0 Å². The molecule has 0 atom stereocenters. The summed E-state index contributed by atoms with van der Waals surface area (Å²) in [6, 6.07) is 19.3. The average Bonchev–Trinajstić information content (AvgIpc) is 2.46. The van der Waals surface area contributed by atoms with Gasteiger partial charge in [0.15, 0.2) is 0 Å². The van der Waals surface area contributed by atoms with Crippen LogP contribution in [0.5, 0.6) is 5.75 Å². The van der Waals surface area contributed by atoms with Crippen molar-refractivity contribution in [2.45, 2.75) is 26.4 Å². The van der Waals surface area contributed by atoms with Gasteiger partial charge in [-0.05, 0) is 43.7 Å². The third-order valence-electron chi connectivity index (χ3n) is 3.22. The SMILES string of the molecule is COc1ccc(N(Cc2ccccc2)C(C)C)cc1. The molecule has 0 radical (unpaired) electrons. The minimum Gasteiger partial charge on any atom is -0.497 e. The quantitative estimate of drug-likeness (QED) is 0.797. The fourth-order valence-electron chi connectivity index (χ4n) is 2.13. The highest BCUT2D eigenvalue weighted by Gasteiger charge is 2.11. The molecular weight excluding hydrogens is 234 g/mol. The summed E-state index contributed by atoms with van der Waals surface area (Å²) in [6.45, 7) is 5.35. The van der Waals surface area contributed by atoms with Crippen molar-refractivity contribution < 1.29 is 4.74 Å². The third-order valence-corrected chi connectivity index (χ3v) is 3.22. The molecule has 2 rings (SSSR count). The molecule has 0 bridgehead atoms. The Hall–Kier alpha value is -1.96. The maximum atomic E-state index is 5.21. The Morgan fingerprint density at radius 2 is 1.58 bits per heavy atom. The van der Waals surface area contributed by atoms with Gasteiger partial charge in [-0.2, -0.15) is 0 Å². The van der Waals surface area contributed by atoms with E-state index in [4.69, 9.17) is 4.74 Å².